The third-order valence-corrected chi connectivity index (χ3v) is 3.84. The molecule has 136 valence electrons. The summed E-state index contributed by atoms with van der Waals surface area (Å²) in [5.41, 5.74) is -0.749. The van der Waals surface area contributed by atoms with E-state index in [-0.39, 0.29) is 5.56 Å². The second kappa shape index (κ2) is 10.3. The Kier molecular flexibility index (Phi) is 8.82. The van der Waals surface area contributed by atoms with Crippen molar-refractivity contribution in [3.8, 4) is 0 Å². The van der Waals surface area contributed by atoms with Crippen LogP contribution in [0.1, 0.15) is 55.5 Å². The van der Waals surface area contributed by atoms with Crippen molar-refractivity contribution in [1.82, 2.24) is 10.2 Å². The Morgan fingerprint density at radius 2 is 1.83 bits per heavy atom. The summed E-state index contributed by atoms with van der Waals surface area (Å²) in [7, 11) is 0. The lowest BCUT2D eigenvalue weighted by atomic mass is 10.1. The number of benzene rings is 1. The standard InChI is InChI=1S/C16H21F3N2O.C2H6/c17-16(18,19)14-7-4-6-13(12-14)15(22)20-8-5-11-21-9-2-1-3-10-21;1-2/h4,6-7,12H,1-3,5,8-11H2,(H,20,22);1-2H3. The highest BCUT2D eigenvalue weighted by atomic mass is 19.4. The van der Waals surface area contributed by atoms with E-state index in [1.54, 1.807) is 0 Å². The molecule has 0 saturated carbocycles. The van der Waals surface area contributed by atoms with Crippen LogP contribution in [-0.2, 0) is 6.18 Å². The molecular formula is C18H27F3N2O. The molecule has 0 unspecified atom stereocenters. The molecule has 1 amide bonds. The first-order chi connectivity index (χ1) is 11.5. The van der Waals surface area contributed by atoms with Gasteiger partial charge in [-0.05, 0) is 57.1 Å². The number of nitrogens with one attached hydrogen (secondary N) is 1. The quantitative estimate of drug-likeness (QED) is 0.806. The maximum absolute atomic E-state index is 12.6. The molecule has 2 rings (SSSR count). The molecule has 6 heteroatoms. The van der Waals surface area contributed by atoms with Crippen LogP contribution in [0.15, 0.2) is 24.3 Å². The van der Waals surface area contributed by atoms with Gasteiger partial charge in [0.15, 0.2) is 0 Å². The Hall–Kier alpha value is -1.56. The van der Waals surface area contributed by atoms with Crippen LogP contribution in [0.5, 0.6) is 0 Å². The van der Waals surface area contributed by atoms with Crippen LogP contribution in [0, 0.1) is 0 Å². The fraction of sp³-hybridized carbons (Fsp3) is 0.611. The number of carbonyl (C=O) groups excluding carboxylic acids is 1. The van der Waals surface area contributed by atoms with Crippen LogP contribution in [0.3, 0.4) is 0 Å². The van der Waals surface area contributed by atoms with Crippen LogP contribution in [0.4, 0.5) is 13.2 Å². The Balaban J connectivity index is 0.00000139. The minimum Gasteiger partial charge on any atom is -0.352 e. The second-order valence-electron chi connectivity index (χ2n) is 5.59. The normalized spacial score (nSPS) is 15.4. The molecule has 1 fully saturated rings. The number of hydrogen-bond acceptors (Lipinski definition) is 2. The van der Waals surface area contributed by atoms with Crippen molar-refractivity contribution in [1.29, 1.82) is 0 Å². The van der Waals surface area contributed by atoms with Crippen LogP contribution < -0.4 is 5.32 Å². The summed E-state index contributed by atoms with van der Waals surface area (Å²) in [6.07, 6.45) is 0.102. The molecule has 1 heterocycles. The Bertz CT molecular complexity index is 497. The summed E-state index contributed by atoms with van der Waals surface area (Å²) in [5.74, 6) is -0.454. The molecule has 1 aliphatic rings. The molecule has 0 bridgehead atoms. The molecule has 1 aromatic carbocycles. The first kappa shape index (κ1) is 20.5. The number of carbonyl (C=O) groups is 1. The molecule has 1 aromatic rings. The van der Waals surface area contributed by atoms with E-state index in [0.717, 1.165) is 38.2 Å². The molecule has 1 saturated heterocycles. The van der Waals surface area contributed by atoms with Gasteiger partial charge in [-0.15, -0.1) is 0 Å². The number of hydrogen-bond donors (Lipinski definition) is 1. The van der Waals surface area contributed by atoms with Crippen LogP contribution >= 0.6 is 0 Å². The highest BCUT2D eigenvalue weighted by molar-refractivity contribution is 5.94. The summed E-state index contributed by atoms with van der Waals surface area (Å²) >= 11 is 0. The zero-order valence-electron chi connectivity index (χ0n) is 14.5. The third-order valence-electron chi connectivity index (χ3n) is 3.84. The average Bonchev–Trinajstić information content (AvgIpc) is 2.60. The maximum atomic E-state index is 12.6. The predicted molar refractivity (Wildman–Crippen MR) is 90.0 cm³/mol. The number of amides is 1. The average molecular weight is 344 g/mol. The largest absolute Gasteiger partial charge is 0.416 e. The minimum absolute atomic E-state index is 0.0489. The molecular weight excluding hydrogens is 317 g/mol. The fourth-order valence-electron chi connectivity index (χ4n) is 2.63. The van der Waals surface area contributed by atoms with Gasteiger partial charge in [0.1, 0.15) is 0 Å². The molecule has 0 radical (unpaired) electrons. The molecule has 0 atom stereocenters. The summed E-state index contributed by atoms with van der Waals surface area (Å²) < 4.78 is 37.8. The van der Waals surface area contributed by atoms with Crippen LogP contribution in [-0.4, -0.2) is 37.0 Å². The Labute approximate surface area is 142 Å². The third kappa shape index (κ3) is 6.91. The summed E-state index contributed by atoms with van der Waals surface area (Å²) in [6.45, 7) is 7.59. The number of likely N-dealkylation sites (tertiary alicyclic amines) is 1. The van der Waals surface area contributed by atoms with Crippen molar-refractivity contribution in [2.75, 3.05) is 26.2 Å². The highest BCUT2D eigenvalue weighted by Gasteiger charge is 2.30. The summed E-state index contributed by atoms with van der Waals surface area (Å²) in [5, 5.41) is 2.68. The van der Waals surface area contributed by atoms with E-state index in [0.29, 0.717) is 6.54 Å². The van der Waals surface area contributed by atoms with E-state index in [1.807, 2.05) is 13.8 Å². The molecule has 1 N–H and O–H groups in total. The molecule has 0 aromatic heterocycles. The summed E-state index contributed by atoms with van der Waals surface area (Å²) in [6, 6.07) is 4.51. The lowest BCUT2D eigenvalue weighted by Gasteiger charge is -2.26. The van der Waals surface area contributed by atoms with Crippen LogP contribution in [0.2, 0.25) is 0 Å². The zero-order valence-corrected chi connectivity index (χ0v) is 14.5. The van der Waals surface area contributed by atoms with Gasteiger partial charge in [0.25, 0.3) is 5.91 Å². The smallest absolute Gasteiger partial charge is 0.352 e. The van der Waals surface area contributed by atoms with Crippen molar-refractivity contribution in [2.45, 2.75) is 45.7 Å². The topological polar surface area (TPSA) is 32.3 Å². The van der Waals surface area contributed by atoms with Crippen molar-refractivity contribution < 1.29 is 18.0 Å². The molecule has 0 spiro atoms. The second-order valence-corrected chi connectivity index (χ2v) is 5.59. The minimum atomic E-state index is -4.43. The SMILES string of the molecule is CC.O=C(NCCCN1CCCCC1)c1cccc(C(F)(F)F)c1. The van der Waals surface area contributed by atoms with Gasteiger partial charge in [0.05, 0.1) is 5.56 Å². The van der Waals surface area contributed by atoms with Gasteiger partial charge in [-0.2, -0.15) is 13.2 Å². The fourth-order valence-corrected chi connectivity index (χ4v) is 2.63. The van der Waals surface area contributed by atoms with Gasteiger partial charge in [-0.3, -0.25) is 4.79 Å². The maximum Gasteiger partial charge on any atom is 0.416 e. The van der Waals surface area contributed by atoms with E-state index in [1.165, 1.54) is 31.4 Å². The lowest BCUT2D eigenvalue weighted by molar-refractivity contribution is -0.137. The molecule has 3 nitrogen and oxygen atoms in total. The van der Waals surface area contributed by atoms with E-state index in [9.17, 15) is 18.0 Å². The van der Waals surface area contributed by atoms with Gasteiger partial charge in [-0.25, -0.2) is 0 Å². The van der Waals surface area contributed by atoms with E-state index in [2.05, 4.69) is 10.2 Å². The van der Waals surface area contributed by atoms with Gasteiger partial charge in [-0.1, -0.05) is 26.3 Å². The van der Waals surface area contributed by atoms with E-state index in [4.69, 9.17) is 0 Å². The van der Waals surface area contributed by atoms with Crippen molar-refractivity contribution in [3.63, 3.8) is 0 Å². The molecule has 24 heavy (non-hydrogen) atoms. The van der Waals surface area contributed by atoms with Crippen molar-refractivity contribution in [3.05, 3.63) is 35.4 Å². The monoisotopic (exact) mass is 344 g/mol. The summed E-state index contributed by atoms with van der Waals surface area (Å²) in [4.78, 5) is 14.2. The van der Waals surface area contributed by atoms with Gasteiger partial charge >= 0.3 is 6.18 Å². The molecule has 1 aliphatic heterocycles. The van der Waals surface area contributed by atoms with Crippen LogP contribution in [0.25, 0.3) is 0 Å². The molecule has 0 aliphatic carbocycles. The zero-order chi connectivity index (χ0) is 18.0. The highest BCUT2D eigenvalue weighted by Crippen LogP contribution is 2.29. The first-order valence-electron chi connectivity index (χ1n) is 8.64. The first-order valence-corrected chi connectivity index (χ1v) is 8.64. The van der Waals surface area contributed by atoms with Gasteiger partial charge in [0.2, 0.25) is 0 Å². The Morgan fingerprint density at radius 1 is 1.17 bits per heavy atom. The number of alkyl halides is 3. The van der Waals surface area contributed by atoms with E-state index < -0.39 is 17.6 Å². The Morgan fingerprint density at radius 3 is 2.46 bits per heavy atom. The number of nitrogens with zero attached hydrogens (tertiary/aromatic N) is 1. The lowest BCUT2D eigenvalue weighted by Crippen LogP contribution is -2.33. The predicted octanol–water partition coefficient (Wildman–Crippen LogP) is 4.34. The number of halogens is 3. The van der Waals surface area contributed by atoms with Crippen molar-refractivity contribution in [2.24, 2.45) is 0 Å². The van der Waals surface area contributed by atoms with Gasteiger partial charge < -0.3 is 10.2 Å². The van der Waals surface area contributed by atoms with E-state index >= 15 is 0 Å². The van der Waals surface area contributed by atoms with Crippen molar-refractivity contribution >= 4 is 5.91 Å². The number of piperidine rings is 1. The van der Waals surface area contributed by atoms with Gasteiger partial charge in [0, 0.05) is 12.1 Å². The number of rotatable bonds is 5.